The molecule has 4 heterocycles. The minimum Gasteiger partial charge on any atom is -0.496 e. The van der Waals surface area contributed by atoms with E-state index in [4.69, 9.17) is 61.1 Å². The smallest absolute Gasteiger partial charge is 0.243 e. The molecule has 19 heteroatoms. The van der Waals surface area contributed by atoms with Crippen LogP contribution in [0.3, 0.4) is 0 Å². The van der Waals surface area contributed by atoms with Crippen molar-refractivity contribution in [2.75, 3.05) is 69.3 Å². The number of methoxy groups -OCH3 is 1. The Balaban J connectivity index is 0.000000184. The topological polar surface area (TPSA) is 116 Å². The quantitative estimate of drug-likeness (QED) is 0.125. The van der Waals surface area contributed by atoms with E-state index in [1.807, 2.05) is 29.6 Å². The van der Waals surface area contributed by atoms with E-state index in [2.05, 4.69) is 46.4 Å². The Kier molecular flexibility index (Phi) is 14.9. The lowest BCUT2D eigenvalue weighted by Gasteiger charge is -2.33. The Hall–Kier alpha value is -3.48. The molecule has 0 spiro atoms. The normalized spacial score (nSPS) is 15.4. The summed E-state index contributed by atoms with van der Waals surface area (Å²) in [5.74, 6) is 0.844. The van der Waals surface area contributed by atoms with Gasteiger partial charge in [-0.3, -0.25) is 0 Å². The number of sulfonamides is 2. The van der Waals surface area contributed by atoms with Gasteiger partial charge in [0.15, 0.2) is 10.3 Å². The molecule has 2 aliphatic rings. The standard InChI is InChI=1S/C21H21Cl2N3O3S2.C21H21Cl2N3O2S2/c1-29-20-5-3-2-4-15(20)10-18-14-30-21(24-18)25-6-8-26(9-7-25)31(27,28)19-12-16(22)11-17(23)13-19;1-15-3-2-4-16(9-15)10-19-14-29-21(24-19)25-5-7-26(8-6-25)30(27,28)20-12-17(22)11-18(23)13-20/h2-5,11-14H,6-10H2,1H3;2-4,9,11-14H,5-8,10H2,1H3. The lowest BCUT2D eigenvalue weighted by atomic mass is 10.1. The Morgan fingerprint density at radius 1 is 0.590 bits per heavy atom. The van der Waals surface area contributed by atoms with Crippen molar-refractivity contribution < 1.29 is 21.6 Å². The van der Waals surface area contributed by atoms with E-state index in [0.29, 0.717) is 78.9 Å². The second kappa shape index (κ2) is 19.9. The second-order valence-electron chi connectivity index (χ2n) is 14.4. The number of aryl methyl sites for hydroxylation is 1. The molecule has 0 aliphatic carbocycles. The molecule has 8 rings (SSSR count). The molecule has 6 aromatic rings. The first-order valence-electron chi connectivity index (χ1n) is 19.2. The van der Waals surface area contributed by atoms with Crippen LogP contribution in [0.5, 0.6) is 5.75 Å². The van der Waals surface area contributed by atoms with Gasteiger partial charge in [0.1, 0.15) is 5.75 Å². The van der Waals surface area contributed by atoms with Gasteiger partial charge in [0, 0.05) is 102 Å². The van der Waals surface area contributed by atoms with Crippen LogP contribution in [0.1, 0.15) is 28.1 Å². The van der Waals surface area contributed by atoms with Gasteiger partial charge in [-0.15, -0.1) is 22.7 Å². The molecule has 0 bridgehead atoms. The SMILES string of the molecule is COc1ccccc1Cc1csc(N2CCN(S(=O)(=O)c3cc(Cl)cc(Cl)c3)CC2)n1.Cc1cccc(Cc2csc(N3CCN(S(=O)(=O)c4cc(Cl)cc(Cl)c4)CC3)n2)c1. The highest BCUT2D eigenvalue weighted by molar-refractivity contribution is 7.89. The van der Waals surface area contributed by atoms with Gasteiger partial charge < -0.3 is 14.5 Å². The van der Waals surface area contributed by atoms with E-state index in [-0.39, 0.29) is 9.79 Å². The van der Waals surface area contributed by atoms with Crippen LogP contribution in [0.15, 0.2) is 105 Å². The number of anilines is 2. The average Bonchev–Trinajstić information content (AvgIpc) is 3.91. The number of aromatic nitrogens is 2. The predicted molar refractivity (Wildman–Crippen MR) is 249 cm³/mol. The lowest BCUT2D eigenvalue weighted by Crippen LogP contribution is -2.48. The third kappa shape index (κ3) is 11.4. The van der Waals surface area contributed by atoms with Crippen LogP contribution in [0, 0.1) is 6.92 Å². The highest BCUT2D eigenvalue weighted by Crippen LogP contribution is 2.31. The van der Waals surface area contributed by atoms with E-state index in [1.165, 1.54) is 56.1 Å². The zero-order valence-corrected chi connectivity index (χ0v) is 39.5. The highest BCUT2D eigenvalue weighted by Gasteiger charge is 2.31. The van der Waals surface area contributed by atoms with E-state index < -0.39 is 20.0 Å². The molecule has 0 radical (unpaired) electrons. The summed E-state index contributed by atoms with van der Waals surface area (Å²) in [6.45, 7) is 5.90. The molecule has 61 heavy (non-hydrogen) atoms. The van der Waals surface area contributed by atoms with Crippen LogP contribution in [0.4, 0.5) is 10.3 Å². The highest BCUT2D eigenvalue weighted by atomic mass is 35.5. The number of halogens is 4. The van der Waals surface area contributed by atoms with Gasteiger partial charge in [-0.1, -0.05) is 94.4 Å². The van der Waals surface area contributed by atoms with Crippen molar-refractivity contribution >= 4 is 99.4 Å². The second-order valence-corrected chi connectivity index (χ2v) is 21.7. The van der Waals surface area contributed by atoms with E-state index in [1.54, 1.807) is 29.8 Å². The Morgan fingerprint density at radius 2 is 1.05 bits per heavy atom. The van der Waals surface area contributed by atoms with Crippen LogP contribution < -0.4 is 14.5 Å². The maximum Gasteiger partial charge on any atom is 0.243 e. The van der Waals surface area contributed by atoms with E-state index >= 15 is 0 Å². The molecule has 0 saturated carbocycles. The molecule has 2 aromatic heterocycles. The van der Waals surface area contributed by atoms with E-state index in [9.17, 15) is 16.8 Å². The van der Waals surface area contributed by atoms with Gasteiger partial charge in [-0.25, -0.2) is 26.8 Å². The number of thiazole rings is 2. The summed E-state index contributed by atoms with van der Waals surface area (Å²) in [4.78, 5) is 14.0. The Bertz CT molecular complexity index is 2660. The molecule has 11 nitrogen and oxygen atoms in total. The number of hydrogen-bond acceptors (Lipinski definition) is 11. The van der Waals surface area contributed by atoms with Crippen molar-refractivity contribution in [3.63, 3.8) is 0 Å². The van der Waals surface area contributed by atoms with Gasteiger partial charge in [-0.05, 0) is 55.0 Å². The van der Waals surface area contributed by atoms with Crippen LogP contribution in [-0.4, -0.2) is 94.9 Å². The molecule has 2 aliphatic heterocycles. The number of para-hydroxylation sites is 1. The first-order valence-corrected chi connectivity index (χ1v) is 25.3. The van der Waals surface area contributed by atoms with Gasteiger partial charge >= 0.3 is 0 Å². The maximum absolute atomic E-state index is 13.0. The van der Waals surface area contributed by atoms with Crippen LogP contribution in [0.25, 0.3) is 0 Å². The Labute approximate surface area is 385 Å². The number of hydrogen-bond donors (Lipinski definition) is 0. The van der Waals surface area contributed by atoms with Crippen molar-refractivity contribution in [3.05, 3.63) is 144 Å². The molecule has 2 fully saturated rings. The van der Waals surface area contributed by atoms with Gasteiger partial charge in [0.2, 0.25) is 20.0 Å². The number of rotatable bonds is 11. The summed E-state index contributed by atoms with van der Waals surface area (Å²) in [6, 6.07) is 25.1. The van der Waals surface area contributed by atoms with Gasteiger partial charge in [-0.2, -0.15) is 8.61 Å². The average molecular weight is 981 g/mol. The predicted octanol–water partition coefficient (Wildman–Crippen LogP) is 9.42. The lowest BCUT2D eigenvalue weighted by molar-refractivity contribution is 0.384. The van der Waals surface area contributed by atoms with Crippen molar-refractivity contribution in [2.24, 2.45) is 0 Å². The van der Waals surface area contributed by atoms with Crippen molar-refractivity contribution in [1.82, 2.24) is 18.6 Å². The fourth-order valence-corrected chi connectivity index (χ4v) is 13.1. The van der Waals surface area contributed by atoms with Crippen LogP contribution in [-0.2, 0) is 32.9 Å². The minimum atomic E-state index is -3.65. The van der Waals surface area contributed by atoms with Crippen LogP contribution >= 0.6 is 69.1 Å². The minimum absolute atomic E-state index is 0.117. The molecule has 2 saturated heterocycles. The molecule has 0 amide bonds. The monoisotopic (exact) mass is 978 g/mol. The van der Waals surface area contributed by atoms with Crippen molar-refractivity contribution in [1.29, 1.82) is 0 Å². The molecule has 4 aromatic carbocycles. The molecule has 0 atom stereocenters. The molecule has 0 unspecified atom stereocenters. The number of benzene rings is 4. The van der Waals surface area contributed by atoms with Crippen LogP contribution in [0.2, 0.25) is 20.1 Å². The summed E-state index contributed by atoms with van der Waals surface area (Å²) < 4.78 is 60.2. The molecule has 0 N–H and O–H groups in total. The summed E-state index contributed by atoms with van der Waals surface area (Å²) in [6.07, 6.45) is 1.48. The van der Waals surface area contributed by atoms with Crippen molar-refractivity contribution in [2.45, 2.75) is 29.6 Å². The third-order valence-corrected chi connectivity index (χ3v) is 16.6. The fraction of sp³-hybridized carbons (Fsp3) is 0.286. The fourth-order valence-electron chi connectivity index (χ4n) is 7.01. The van der Waals surface area contributed by atoms with Crippen molar-refractivity contribution in [3.8, 4) is 5.75 Å². The first-order chi connectivity index (χ1) is 29.2. The zero-order chi connectivity index (χ0) is 43.3. The summed E-state index contributed by atoms with van der Waals surface area (Å²) in [5.41, 5.74) is 5.56. The Morgan fingerprint density at radius 3 is 1.51 bits per heavy atom. The zero-order valence-electron chi connectivity index (χ0n) is 33.2. The number of piperazine rings is 2. The summed E-state index contributed by atoms with van der Waals surface area (Å²) in [7, 11) is -5.62. The largest absolute Gasteiger partial charge is 0.496 e. The van der Waals surface area contributed by atoms with E-state index in [0.717, 1.165) is 39.4 Å². The number of ether oxygens (including phenoxy) is 1. The first kappa shape index (κ1) is 45.5. The maximum atomic E-state index is 13.0. The number of nitrogens with zero attached hydrogens (tertiary/aromatic N) is 6. The molecular formula is C42H42Cl4N6O5S4. The van der Waals surface area contributed by atoms with Gasteiger partial charge in [0.05, 0.1) is 28.3 Å². The molecular weight excluding hydrogens is 939 g/mol. The summed E-state index contributed by atoms with van der Waals surface area (Å²) >= 11 is 27.1. The third-order valence-electron chi connectivity index (χ3n) is 10.1. The summed E-state index contributed by atoms with van der Waals surface area (Å²) in [5, 5.41) is 7.17. The molecule has 322 valence electrons. The van der Waals surface area contributed by atoms with Gasteiger partial charge in [0.25, 0.3) is 0 Å².